The van der Waals surface area contributed by atoms with Crippen LogP contribution in [-0.2, 0) is 33.9 Å². The van der Waals surface area contributed by atoms with Crippen LogP contribution in [-0.4, -0.2) is 51.9 Å². The van der Waals surface area contributed by atoms with Crippen molar-refractivity contribution in [2.45, 2.75) is 45.4 Å². The molecule has 0 spiro atoms. The van der Waals surface area contributed by atoms with Gasteiger partial charge in [0.25, 0.3) is 0 Å². The molecule has 218 valence electrons. The van der Waals surface area contributed by atoms with Gasteiger partial charge in [0.05, 0.1) is 18.6 Å². The molecule has 3 amide bonds. The summed E-state index contributed by atoms with van der Waals surface area (Å²) in [6.45, 7) is 4.51. The van der Waals surface area contributed by atoms with Crippen LogP contribution >= 0.6 is 0 Å². The molecule has 0 bridgehead atoms. The number of nitrogens with zero attached hydrogens (tertiary/aromatic N) is 2. The Morgan fingerprint density at radius 3 is 2.33 bits per heavy atom. The first-order chi connectivity index (χ1) is 20.4. The number of ether oxygens (including phenoxy) is 1. The van der Waals surface area contributed by atoms with Gasteiger partial charge in [0, 0.05) is 25.7 Å². The van der Waals surface area contributed by atoms with Crippen LogP contribution in [0.5, 0.6) is 0 Å². The average Bonchev–Trinajstić information content (AvgIpc) is 3.53. The van der Waals surface area contributed by atoms with E-state index in [1.165, 1.54) is 11.2 Å². The molecule has 4 aromatic rings. The molecule has 0 saturated carbocycles. The first-order valence-corrected chi connectivity index (χ1v) is 14.0. The van der Waals surface area contributed by atoms with Crippen molar-refractivity contribution in [1.29, 1.82) is 0 Å². The highest BCUT2D eigenvalue weighted by atomic mass is 16.5. The number of aryl methyl sites for hydroxylation is 1. The van der Waals surface area contributed by atoms with Crippen molar-refractivity contribution in [1.82, 2.24) is 25.5 Å². The Labute approximate surface area is 246 Å². The normalized spacial score (nSPS) is 12.1. The summed E-state index contributed by atoms with van der Waals surface area (Å²) in [7, 11) is 0. The van der Waals surface area contributed by atoms with Gasteiger partial charge < -0.3 is 25.3 Å². The highest BCUT2D eigenvalue weighted by molar-refractivity contribution is 5.89. The monoisotopic (exact) mass is 567 g/mol. The van der Waals surface area contributed by atoms with Crippen LogP contribution in [0.25, 0.3) is 0 Å². The van der Waals surface area contributed by atoms with Gasteiger partial charge in [-0.2, -0.15) is 0 Å². The Morgan fingerprint density at radius 1 is 0.952 bits per heavy atom. The summed E-state index contributed by atoms with van der Waals surface area (Å²) in [6, 6.07) is 25.9. The number of amides is 3. The Balaban J connectivity index is 1.49. The molecular weight excluding hydrogens is 530 g/mol. The van der Waals surface area contributed by atoms with E-state index in [0.717, 1.165) is 22.3 Å². The largest absolute Gasteiger partial charge is 0.445 e. The van der Waals surface area contributed by atoms with Gasteiger partial charge in [0.1, 0.15) is 12.6 Å². The lowest BCUT2D eigenvalue weighted by atomic mass is 10.0. The van der Waals surface area contributed by atoms with Gasteiger partial charge in [-0.05, 0) is 35.1 Å². The van der Waals surface area contributed by atoms with Gasteiger partial charge in [-0.3, -0.25) is 9.59 Å². The summed E-state index contributed by atoms with van der Waals surface area (Å²) in [5.41, 5.74) is 4.43. The Morgan fingerprint density at radius 2 is 1.64 bits per heavy atom. The number of hydrogen-bond donors (Lipinski definition) is 3. The smallest absolute Gasteiger partial charge is 0.408 e. The molecule has 0 radical (unpaired) electrons. The van der Waals surface area contributed by atoms with Gasteiger partial charge in [-0.1, -0.05) is 91.9 Å². The maximum absolute atomic E-state index is 14.0. The van der Waals surface area contributed by atoms with Crippen LogP contribution in [0.2, 0.25) is 0 Å². The van der Waals surface area contributed by atoms with Crippen molar-refractivity contribution in [3.8, 4) is 0 Å². The Kier molecular flexibility index (Phi) is 10.9. The van der Waals surface area contributed by atoms with Gasteiger partial charge in [0.15, 0.2) is 0 Å². The minimum atomic E-state index is -1.00. The summed E-state index contributed by atoms with van der Waals surface area (Å²) in [5, 5.41) is 5.68. The third-order valence-corrected chi connectivity index (χ3v) is 7.01. The lowest BCUT2D eigenvalue weighted by Gasteiger charge is -2.28. The SMILES string of the molecule is Cc1ccccc1CN(CC(=O)NCC(C)c1ccccc1)C(=O)C(Cc1c[nH]cn1)NC(=O)OCc1ccccc1. The number of rotatable bonds is 13. The molecule has 0 aliphatic carbocycles. The first-order valence-electron chi connectivity index (χ1n) is 14.0. The molecule has 42 heavy (non-hydrogen) atoms. The molecule has 1 aromatic heterocycles. The predicted molar refractivity (Wildman–Crippen MR) is 160 cm³/mol. The molecule has 0 saturated heterocycles. The molecular formula is C33H37N5O4. The molecule has 0 aliphatic heterocycles. The fourth-order valence-corrected chi connectivity index (χ4v) is 4.54. The third kappa shape index (κ3) is 9.05. The molecule has 3 aromatic carbocycles. The summed E-state index contributed by atoms with van der Waals surface area (Å²) >= 11 is 0. The second kappa shape index (κ2) is 15.2. The highest BCUT2D eigenvalue weighted by Gasteiger charge is 2.29. The van der Waals surface area contributed by atoms with E-state index >= 15 is 0 Å². The van der Waals surface area contributed by atoms with E-state index in [1.807, 2.05) is 98.8 Å². The lowest BCUT2D eigenvalue weighted by molar-refractivity contribution is -0.138. The number of benzene rings is 3. The van der Waals surface area contributed by atoms with Gasteiger partial charge >= 0.3 is 6.09 Å². The first kappa shape index (κ1) is 30.0. The van der Waals surface area contributed by atoms with E-state index in [4.69, 9.17) is 4.74 Å². The van der Waals surface area contributed by atoms with Crippen molar-refractivity contribution in [3.63, 3.8) is 0 Å². The van der Waals surface area contributed by atoms with Crippen LogP contribution in [0, 0.1) is 6.92 Å². The number of carbonyl (C=O) groups excluding carboxylic acids is 3. The minimum Gasteiger partial charge on any atom is -0.445 e. The Hall–Kier alpha value is -4.92. The number of H-pyrrole nitrogens is 1. The maximum Gasteiger partial charge on any atom is 0.408 e. The molecule has 0 fully saturated rings. The topological polar surface area (TPSA) is 116 Å². The summed E-state index contributed by atoms with van der Waals surface area (Å²) < 4.78 is 5.40. The number of alkyl carbamates (subject to hydrolysis) is 1. The summed E-state index contributed by atoms with van der Waals surface area (Å²) in [5.74, 6) is -0.599. The van der Waals surface area contributed by atoms with E-state index in [2.05, 4.69) is 20.6 Å². The van der Waals surface area contributed by atoms with Crippen molar-refractivity contribution in [2.75, 3.05) is 13.1 Å². The summed E-state index contributed by atoms with van der Waals surface area (Å²) in [4.78, 5) is 48.6. The molecule has 3 N–H and O–H groups in total. The molecule has 2 unspecified atom stereocenters. The number of aromatic nitrogens is 2. The number of aromatic amines is 1. The van der Waals surface area contributed by atoms with Crippen molar-refractivity contribution < 1.29 is 19.1 Å². The highest BCUT2D eigenvalue weighted by Crippen LogP contribution is 2.15. The zero-order valence-electron chi connectivity index (χ0n) is 24.0. The van der Waals surface area contributed by atoms with E-state index in [0.29, 0.717) is 12.2 Å². The molecule has 1 heterocycles. The second-order valence-corrected chi connectivity index (χ2v) is 10.3. The number of nitrogens with one attached hydrogen (secondary N) is 3. The van der Waals surface area contributed by atoms with E-state index < -0.39 is 18.0 Å². The van der Waals surface area contributed by atoms with Crippen molar-refractivity contribution >= 4 is 17.9 Å². The zero-order chi connectivity index (χ0) is 29.7. The van der Waals surface area contributed by atoms with Crippen LogP contribution in [0.3, 0.4) is 0 Å². The zero-order valence-corrected chi connectivity index (χ0v) is 24.0. The van der Waals surface area contributed by atoms with Crippen molar-refractivity contribution in [3.05, 3.63) is 125 Å². The van der Waals surface area contributed by atoms with Crippen molar-refractivity contribution in [2.24, 2.45) is 0 Å². The standard InChI is InChI=1S/C33H37N5O4/c1-24-11-9-10-16-28(24)20-38(21-31(39)35-18-25(2)27-14-7-4-8-15-27)32(40)30(17-29-19-34-23-36-29)37-33(41)42-22-26-12-5-3-6-13-26/h3-16,19,23,25,30H,17-18,20-22H2,1-2H3,(H,34,36)(H,35,39)(H,37,41). The van der Waals surface area contributed by atoms with Crippen LogP contribution in [0.15, 0.2) is 97.5 Å². The van der Waals surface area contributed by atoms with Gasteiger partial charge in [-0.15, -0.1) is 0 Å². The van der Waals surface area contributed by atoms with E-state index in [1.54, 1.807) is 6.20 Å². The molecule has 4 rings (SSSR count). The summed E-state index contributed by atoms with van der Waals surface area (Å²) in [6.07, 6.45) is 2.57. The maximum atomic E-state index is 14.0. The lowest BCUT2D eigenvalue weighted by Crippen LogP contribution is -2.52. The predicted octanol–water partition coefficient (Wildman–Crippen LogP) is 4.50. The quantitative estimate of drug-likeness (QED) is 0.220. The molecule has 2 atom stereocenters. The van der Waals surface area contributed by atoms with Gasteiger partial charge in [-0.25, -0.2) is 9.78 Å². The average molecular weight is 568 g/mol. The number of hydrogen-bond acceptors (Lipinski definition) is 5. The Bertz CT molecular complexity index is 1430. The van der Waals surface area contributed by atoms with E-state index in [-0.39, 0.29) is 37.9 Å². The van der Waals surface area contributed by atoms with E-state index in [9.17, 15) is 14.4 Å². The van der Waals surface area contributed by atoms with Crippen LogP contribution < -0.4 is 10.6 Å². The second-order valence-electron chi connectivity index (χ2n) is 10.3. The van der Waals surface area contributed by atoms with Gasteiger partial charge in [0.2, 0.25) is 11.8 Å². The third-order valence-electron chi connectivity index (χ3n) is 7.01. The van der Waals surface area contributed by atoms with Crippen LogP contribution in [0.4, 0.5) is 4.79 Å². The fourth-order valence-electron chi connectivity index (χ4n) is 4.54. The number of imidazole rings is 1. The number of carbonyl (C=O) groups is 3. The van der Waals surface area contributed by atoms with Crippen LogP contribution in [0.1, 0.15) is 40.8 Å². The molecule has 9 nitrogen and oxygen atoms in total. The molecule has 9 heteroatoms. The fraction of sp³-hybridized carbons (Fsp3) is 0.273. The minimum absolute atomic E-state index is 0.0604. The molecule has 0 aliphatic rings.